The van der Waals surface area contributed by atoms with Gasteiger partial charge in [0.15, 0.2) is 0 Å². The predicted molar refractivity (Wildman–Crippen MR) is 80.9 cm³/mol. The summed E-state index contributed by atoms with van der Waals surface area (Å²) < 4.78 is 5.06. The van der Waals surface area contributed by atoms with E-state index >= 15 is 0 Å². The molecule has 0 bridgehead atoms. The fraction of sp³-hybridized carbons (Fsp3) is 0.467. The van der Waals surface area contributed by atoms with Crippen LogP contribution in [0, 0.1) is 5.92 Å². The Bertz CT molecular complexity index is 460. The molecular formula is C15H23N3O3. The van der Waals surface area contributed by atoms with Crippen LogP contribution in [0.4, 0.5) is 0 Å². The summed E-state index contributed by atoms with van der Waals surface area (Å²) in [6.07, 6.45) is 0. The second-order valence-corrected chi connectivity index (χ2v) is 4.80. The van der Waals surface area contributed by atoms with Crippen molar-refractivity contribution in [2.24, 2.45) is 5.92 Å². The molecule has 1 atom stereocenters. The van der Waals surface area contributed by atoms with Gasteiger partial charge < -0.3 is 20.7 Å². The number of benzene rings is 1. The van der Waals surface area contributed by atoms with Crippen LogP contribution in [0.2, 0.25) is 0 Å². The van der Waals surface area contributed by atoms with Crippen molar-refractivity contribution in [3.05, 3.63) is 29.8 Å². The van der Waals surface area contributed by atoms with Crippen molar-refractivity contribution in [1.82, 2.24) is 16.0 Å². The molecule has 3 N–H and O–H groups in total. The number of carbonyl (C=O) groups excluding carboxylic acids is 2. The highest BCUT2D eigenvalue weighted by Crippen LogP contribution is 2.10. The maximum atomic E-state index is 11.7. The molecule has 0 aromatic heterocycles. The lowest BCUT2D eigenvalue weighted by Crippen LogP contribution is -2.40. The smallest absolute Gasteiger partial charge is 0.239 e. The molecule has 2 amide bonds. The number of rotatable bonds is 8. The van der Waals surface area contributed by atoms with Crippen LogP contribution in [0.1, 0.15) is 12.5 Å². The highest BCUT2D eigenvalue weighted by atomic mass is 16.5. The van der Waals surface area contributed by atoms with Crippen molar-refractivity contribution in [2.45, 2.75) is 13.5 Å². The number of carbonyl (C=O) groups is 2. The van der Waals surface area contributed by atoms with E-state index in [4.69, 9.17) is 4.74 Å². The second-order valence-electron chi connectivity index (χ2n) is 4.80. The molecular weight excluding hydrogens is 270 g/mol. The first kappa shape index (κ1) is 17.0. The molecule has 0 fully saturated rings. The fourth-order valence-electron chi connectivity index (χ4n) is 1.75. The summed E-state index contributed by atoms with van der Waals surface area (Å²) in [6, 6.07) is 7.44. The molecule has 6 heteroatoms. The zero-order valence-electron chi connectivity index (χ0n) is 12.7. The maximum absolute atomic E-state index is 11.7. The largest absolute Gasteiger partial charge is 0.497 e. The molecule has 1 unspecified atom stereocenters. The third-order valence-electron chi connectivity index (χ3n) is 3.03. The fourth-order valence-corrected chi connectivity index (χ4v) is 1.75. The normalized spacial score (nSPS) is 11.6. The first-order valence-electron chi connectivity index (χ1n) is 6.88. The minimum absolute atomic E-state index is 0.0109. The number of nitrogens with one attached hydrogen (secondary N) is 3. The molecule has 116 valence electrons. The Morgan fingerprint density at radius 3 is 2.43 bits per heavy atom. The number of amides is 2. The Hall–Kier alpha value is -2.08. The summed E-state index contributed by atoms with van der Waals surface area (Å²) in [5.74, 6) is 0.264. The average Bonchev–Trinajstić information content (AvgIpc) is 2.51. The highest BCUT2D eigenvalue weighted by Gasteiger charge is 2.12. The van der Waals surface area contributed by atoms with Crippen LogP contribution in [0.3, 0.4) is 0 Å². The van der Waals surface area contributed by atoms with Crippen molar-refractivity contribution in [1.29, 1.82) is 0 Å². The summed E-state index contributed by atoms with van der Waals surface area (Å²) in [5.41, 5.74) is 0.971. The molecule has 21 heavy (non-hydrogen) atoms. The predicted octanol–water partition coefficient (Wildman–Crippen LogP) is 0.283. The monoisotopic (exact) mass is 293 g/mol. The van der Waals surface area contributed by atoms with E-state index in [9.17, 15) is 9.59 Å². The van der Waals surface area contributed by atoms with Gasteiger partial charge in [0.25, 0.3) is 0 Å². The van der Waals surface area contributed by atoms with E-state index in [1.54, 1.807) is 21.1 Å². The van der Waals surface area contributed by atoms with Crippen molar-refractivity contribution in [3.63, 3.8) is 0 Å². The van der Waals surface area contributed by atoms with Gasteiger partial charge in [0.2, 0.25) is 11.8 Å². The molecule has 0 aliphatic rings. The van der Waals surface area contributed by atoms with Crippen molar-refractivity contribution < 1.29 is 14.3 Å². The quantitative estimate of drug-likeness (QED) is 0.643. The topological polar surface area (TPSA) is 79.5 Å². The minimum atomic E-state index is -0.212. The lowest BCUT2D eigenvalue weighted by Gasteiger charge is -2.11. The molecule has 0 heterocycles. The molecule has 0 radical (unpaired) electrons. The van der Waals surface area contributed by atoms with Gasteiger partial charge in [0.1, 0.15) is 5.75 Å². The van der Waals surface area contributed by atoms with Gasteiger partial charge in [-0.05, 0) is 24.7 Å². The number of ether oxygens (including phenoxy) is 1. The lowest BCUT2D eigenvalue weighted by molar-refractivity contribution is -0.128. The summed E-state index contributed by atoms with van der Waals surface area (Å²) in [5, 5.41) is 8.28. The van der Waals surface area contributed by atoms with Crippen molar-refractivity contribution in [3.8, 4) is 5.75 Å². The number of hydrogen-bond acceptors (Lipinski definition) is 4. The molecule has 1 aromatic rings. The summed E-state index contributed by atoms with van der Waals surface area (Å²) in [6.45, 7) is 2.80. The van der Waals surface area contributed by atoms with Gasteiger partial charge in [-0.3, -0.25) is 9.59 Å². The Morgan fingerprint density at radius 2 is 1.86 bits per heavy atom. The van der Waals surface area contributed by atoms with Gasteiger partial charge in [-0.25, -0.2) is 0 Å². The second kappa shape index (κ2) is 8.97. The number of methoxy groups -OCH3 is 1. The molecule has 6 nitrogen and oxygen atoms in total. The van der Waals surface area contributed by atoms with Gasteiger partial charge in [0, 0.05) is 19.0 Å². The Kier molecular flexibility index (Phi) is 7.25. The molecule has 0 saturated carbocycles. The number of hydrogen-bond donors (Lipinski definition) is 3. The lowest BCUT2D eigenvalue weighted by atomic mass is 10.1. The van der Waals surface area contributed by atoms with Crippen LogP contribution in [-0.4, -0.2) is 39.1 Å². The van der Waals surface area contributed by atoms with Crippen LogP contribution in [0.5, 0.6) is 5.75 Å². The average molecular weight is 293 g/mol. The van der Waals surface area contributed by atoms with Crippen LogP contribution < -0.4 is 20.7 Å². The Labute approximate surface area is 125 Å². The zero-order valence-corrected chi connectivity index (χ0v) is 12.7. The standard InChI is InChI=1S/C15H23N3O3/c1-11(8-16-2)15(20)18-10-14(19)17-9-12-4-6-13(21-3)7-5-12/h4-7,11,16H,8-10H2,1-3H3,(H,17,19)(H,18,20). The first-order valence-corrected chi connectivity index (χ1v) is 6.88. The van der Waals surface area contributed by atoms with Crippen LogP contribution in [0.15, 0.2) is 24.3 Å². The zero-order chi connectivity index (χ0) is 15.7. The maximum Gasteiger partial charge on any atom is 0.239 e. The van der Waals surface area contributed by atoms with E-state index in [-0.39, 0.29) is 24.3 Å². The first-order chi connectivity index (χ1) is 10.1. The summed E-state index contributed by atoms with van der Waals surface area (Å²) in [4.78, 5) is 23.3. The SMILES string of the molecule is CNCC(C)C(=O)NCC(=O)NCc1ccc(OC)cc1. The van der Waals surface area contributed by atoms with E-state index in [1.165, 1.54) is 0 Å². The van der Waals surface area contributed by atoms with Crippen molar-refractivity contribution in [2.75, 3.05) is 27.2 Å². The summed E-state index contributed by atoms with van der Waals surface area (Å²) in [7, 11) is 3.39. The minimum Gasteiger partial charge on any atom is -0.497 e. The molecule has 0 aliphatic carbocycles. The molecule has 1 aromatic carbocycles. The Balaban J connectivity index is 2.28. The van der Waals surface area contributed by atoms with Gasteiger partial charge in [-0.2, -0.15) is 0 Å². The third kappa shape index (κ3) is 6.27. The van der Waals surface area contributed by atoms with Crippen molar-refractivity contribution >= 4 is 11.8 Å². The van der Waals surface area contributed by atoms with E-state index in [0.717, 1.165) is 11.3 Å². The van der Waals surface area contributed by atoms with E-state index < -0.39 is 0 Å². The molecule has 1 rings (SSSR count). The van der Waals surface area contributed by atoms with Gasteiger partial charge in [-0.15, -0.1) is 0 Å². The molecule has 0 spiro atoms. The van der Waals surface area contributed by atoms with Gasteiger partial charge >= 0.3 is 0 Å². The summed E-state index contributed by atoms with van der Waals surface area (Å²) >= 11 is 0. The van der Waals surface area contributed by atoms with E-state index in [0.29, 0.717) is 13.1 Å². The van der Waals surface area contributed by atoms with Gasteiger partial charge in [-0.1, -0.05) is 19.1 Å². The van der Waals surface area contributed by atoms with Crippen LogP contribution >= 0.6 is 0 Å². The molecule has 0 saturated heterocycles. The van der Waals surface area contributed by atoms with E-state index in [2.05, 4.69) is 16.0 Å². The van der Waals surface area contributed by atoms with Crippen LogP contribution in [0.25, 0.3) is 0 Å². The van der Waals surface area contributed by atoms with Gasteiger partial charge in [0.05, 0.1) is 13.7 Å². The van der Waals surface area contributed by atoms with E-state index in [1.807, 2.05) is 24.3 Å². The third-order valence-corrected chi connectivity index (χ3v) is 3.03. The molecule has 0 aliphatic heterocycles. The Morgan fingerprint density at radius 1 is 1.19 bits per heavy atom. The van der Waals surface area contributed by atoms with Crippen LogP contribution in [-0.2, 0) is 16.1 Å². The highest BCUT2D eigenvalue weighted by molar-refractivity contribution is 5.85.